The lowest BCUT2D eigenvalue weighted by atomic mass is 10.2. The number of amides is 1. The van der Waals surface area contributed by atoms with Crippen LogP contribution in [-0.4, -0.2) is 18.7 Å². The van der Waals surface area contributed by atoms with Gasteiger partial charge in [0.05, 0.1) is 5.75 Å². The van der Waals surface area contributed by atoms with Crippen molar-refractivity contribution in [3.8, 4) is 0 Å². The zero-order chi connectivity index (χ0) is 9.26. The molecule has 0 atom stereocenters. The van der Waals surface area contributed by atoms with Gasteiger partial charge < -0.3 is 4.90 Å². The van der Waals surface area contributed by atoms with Crippen LogP contribution in [0, 0.1) is 0 Å². The van der Waals surface area contributed by atoms with Crippen LogP contribution in [0.4, 0.5) is 5.69 Å². The summed E-state index contributed by atoms with van der Waals surface area (Å²) in [4.78, 5) is 13.2. The minimum Gasteiger partial charge on any atom is -0.314 e. The topological polar surface area (TPSA) is 20.3 Å². The Labute approximate surface area is 81.9 Å². The number of carbonyl (C=O) groups is 1. The maximum absolute atomic E-state index is 11.5. The molecule has 13 heavy (non-hydrogen) atoms. The van der Waals surface area contributed by atoms with Crippen molar-refractivity contribution in [1.82, 2.24) is 0 Å². The maximum atomic E-state index is 11.5. The first-order valence-corrected chi connectivity index (χ1v) is 5.37. The van der Waals surface area contributed by atoms with E-state index in [1.807, 2.05) is 25.2 Å². The lowest BCUT2D eigenvalue weighted by Gasteiger charge is -2.16. The summed E-state index contributed by atoms with van der Waals surface area (Å²) in [6, 6.07) is 8.07. The van der Waals surface area contributed by atoms with Crippen LogP contribution < -0.4 is 4.90 Å². The predicted molar refractivity (Wildman–Crippen MR) is 56.0 cm³/mol. The van der Waals surface area contributed by atoms with Crippen molar-refractivity contribution < 1.29 is 4.79 Å². The largest absolute Gasteiger partial charge is 0.314 e. The lowest BCUT2D eigenvalue weighted by Crippen LogP contribution is -2.27. The molecule has 3 heteroatoms. The Morgan fingerprint density at radius 3 is 2.92 bits per heavy atom. The van der Waals surface area contributed by atoms with E-state index in [-0.39, 0.29) is 5.91 Å². The molecule has 0 bridgehead atoms. The van der Waals surface area contributed by atoms with Crippen molar-refractivity contribution in [3.05, 3.63) is 29.8 Å². The van der Waals surface area contributed by atoms with Crippen LogP contribution in [-0.2, 0) is 10.5 Å². The Balaban J connectivity index is 2.46. The number of rotatable bonds is 0. The molecule has 0 saturated carbocycles. The zero-order valence-electron chi connectivity index (χ0n) is 7.49. The van der Waals surface area contributed by atoms with Crippen molar-refractivity contribution in [2.75, 3.05) is 17.7 Å². The Hall–Kier alpha value is -0.960. The van der Waals surface area contributed by atoms with Crippen LogP contribution in [0.2, 0.25) is 0 Å². The quantitative estimate of drug-likeness (QED) is 0.627. The van der Waals surface area contributed by atoms with Gasteiger partial charge in [-0.25, -0.2) is 0 Å². The third-order valence-electron chi connectivity index (χ3n) is 2.21. The molecule has 0 spiro atoms. The van der Waals surface area contributed by atoms with E-state index in [1.54, 1.807) is 16.7 Å². The number of fused-ring (bicyclic) bond motifs is 1. The van der Waals surface area contributed by atoms with Gasteiger partial charge in [0.1, 0.15) is 0 Å². The van der Waals surface area contributed by atoms with Gasteiger partial charge in [-0.2, -0.15) is 0 Å². The van der Waals surface area contributed by atoms with Gasteiger partial charge in [0.2, 0.25) is 5.91 Å². The number of carbonyl (C=O) groups excluding carboxylic acids is 1. The number of thioether (sulfide) groups is 1. The highest BCUT2D eigenvalue weighted by molar-refractivity contribution is 7.99. The van der Waals surface area contributed by atoms with E-state index in [1.165, 1.54) is 5.56 Å². The summed E-state index contributed by atoms with van der Waals surface area (Å²) in [5.41, 5.74) is 2.30. The first-order valence-electron chi connectivity index (χ1n) is 4.21. The van der Waals surface area contributed by atoms with Crippen molar-refractivity contribution in [3.63, 3.8) is 0 Å². The van der Waals surface area contributed by atoms with Gasteiger partial charge in [0.15, 0.2) is 0 Å². The number of anilines is 1. The molecule has 2 nitrogen and oxygen atoms in total. The minimum atomic E-state index is 0.190. The number of hydrogen-bond donors (Lipinski definition) is 0. The summed E-state index contributed by atoms with van der Waals surface area (Å²) in [6.07, 6.45) is 0. The van der Waals surface area contributed by atoms with Gasteiger partial charge in [-0.3, -0.25) is 4.79 Å². The Morgan fingerprint density at radius 1 is 1.31 bits per heavy atom. The predicted octanol–water partition coefficient (Wildman–Crippen LogP) is 1.90. The van der Waals surface area contributed by atoms with Crippen LogP contribution >= 0.6 is 11.8 Å². The van der Waals surface area contributed by atoms with Crippen molar-refractivity contribution >= 4 is 23.4 Å². The van der Waals surface area contributed by atoms with E-state index in [0.29, 0.717) is 5.75 Å². The molecule has 0 saturated heterocycles. The molecule has 0 unspecified atom stereocenters. The summed E-state index contributed by atoms with van der Waals surface area (Å²) < 4.78 is 0. The summed E-state index contributed by atoms with van der Waals surface area (Å²) in [6.45, 7) is 0. The zero-order valence-corrected chi connectivity index (χ0v) is 8.30. The van der Waals surface area contributed by atoms with Gasteiger partial charge in [0, 0.05) is 18.5 Å². The molecule has 1 aliphatic rings. The SMILES string of the molecule is CN1C(=O)CSCc2ccccc21. The van der Waals surface area contributed by atoms with E-state index >= 15 is 0 Å². The first kappa shape index (κ1) is 8.63. The molecule has 1 aliphatic heterocycles. The third kappa shape index (κ3) is 1.56. The van der Waals surface area contributed by atoms with Gasteiger partial charge >= 0.3 is 0 Å². The van der Waals surface area contributed by atoms with E-state index in [9.17, 15) is 4.79 Å². The van der Waals surface area contributed by atoms with Crippen LogP contribution in [0.15, 0.2) is 24.3 Å². The molecule has 0 N–H and O–H groups in total. The highest BCUT2D eigenvalue weighted by atomic mass is 32.2. The Bertz CT molecular complexity index is 337. The highest BCUT2D eigenvalue weighted by Gasteiger charge is 2.17. The third-order valence-corrected chi connectivity index (χ3v) is 3.18. The smallest absolute Gasteiger partial charge is 0.236 e. The normalized spacial score (nSPS) is 16.7. The molecule has 68 valence electrons. The fraction of sp³-hybridized carbons (Fsp3) is 0.300. The molecule has 1 aromatic carbocycles. The number of nitrogens with zero attached hydrogens (tertiary/aromatic N) is 1. The van der Waals surface area contributed by atoms with Crippen molar-refractivity contribution in [1.29, 1.82) is 0 Å². The molecule has 0 fully saturated rings. The van der Waals surface area contributed by atoms with Crippen LogP contribution in [0.25, 0.3) is 0 Å². The molecule has 2 rings (SSSR count). The average Bonchev–Trinajstić information content (AvgIpc) is 2.29. The van der Waals surface area contributed by atoms with E-state index < -0.39 is 0 Å². The summed E-state index contributed by atoms with van der Waals surface area (Å²) >= 11 is 1.68. The van der Waals surface area contributed by atoms with Gasteiger partial charge in [-0.05, 0) is 11.6 Å². The number of benzene rings is 1. The second kappa shape index (κ2) is 3.42. The molecule has 1 amide bonds. The summed E-state index contributed by atoms with van der Waals surface area (Å²) in [5.74, 6) is 1.72. The van der Waals surface area contributed by atoms with Gasteiger partial charge in [-0.15, -0.1) is 11.8 Å². The number of para-hydroxylation sites is 1. The lowest BCUT2D eigenvalue weighted by molar-refractivity contribution is -0.115. The molecule has 0 radical (unpaired) electrons. The molecule has 0 aliphatic carbocycles. The molecule has 1 aromatic rings. The number of hydrogen-bond acceptors (Lipinski definition) is 2. The fourth-order valence-electron chi connectivity index (χ4n) is 1.44. The van der Waals surface area contributed by atoms with E-state index in [4.69, 9.17) is 0 Å². The highest BCUT2D eigenvalue weighted by Crippen LogP contribution is 2.27. The average molecular weight is 193 g/mol. The Kier molecular flexibility index (Phi) is 2.27. The van der Waals surface area contributed by atoms with Gasteiger partial charge in [0.25, 0.3) is 0 Å². The van der Waals surface area contributed by atoms with Crippen molar-refractivity contribution in [2.24, 2.45) is 0 Å². The molecule has 0 aromatic heterocycles. The Morgan fingerprint density at radius 2 is 2.08 bits per heavy atom. The first-order chi connectivity index (χ1) is 6.29. The van der Waals surface area contributed by atoms with Crippen LogP contribution in [0.5, 0.6) is 0 Å². The van der Waals surface area contributed by atoms with Crippen molar-refractivity contribution in [2.45, 2.75) is 5.75 Å². The minimum absolute atomic E-state index is 0.190. The van der Waals surface area contributed by atoms with E-state index in [2.05, 4.69) is 6.07 Å². The fourth-order valence-corrected chi connectivity index (χ4v) is 2.37. The van der Waals surface area contributed by atoms with E-state index in [0.717, 1.165) is 11.4 Å². The maximum Gasteiger partial charge on any atom is 0.236 e. The molecular formula is C10H11NOS. The second-order valence-corrected chi connectivity index (χ2v) is 4.06. The second-order valence-electron chi connectivity index (χ2n) is 3.07. The summed E-state index contributed by atoms with van der Waals surface area (Å²) in [5, 5.41) is 0. The van der Waals surface area contributed by atoms with Gasteiger partial charge in [-0.1, -0.05) is 18.2 Å². The summed E-state index contributed by atoms with van der Waals surface area (Å²) in [7, 11) is 1.84. The molecular weight excluding hydrogens is 182 g/mol. The van der Waals surface area contributed by atoms with Crippen LogP contribution in [0.1, 0.15) is 5.56 Å². The standard InChI is InChI=1S/C10H11NOS/c1-11-9-5-3-2-4-8(9)6-13-7-10(11)12/h2-5H,6-7H2,1H3. The molecule has 1 heterocycles. The monoisotopic (exact) mass is 193 g/mol. The van der Waals surface area contributed by atoms with Crippen LogP contribution in [0.3, 0.4) is 0 Å².